The Morgan fingerprint density at radius 2 is 1.96 bits per heavy atom. The summed E-state index contributed by atoms with van der Waals surface area (Å²) in [6.45, 7) is 1.93. The van der Waals surface area contributed by atoms with Gasteiger partial charge < -0.3 is 14.6 Å². The summed E-state index contributed by atoms with van der Waals surface area (Å²) in [6, 6.07) is 12.5. The van der Waals surface area contributed by atoms with E-state index in [2.05, 4.69) is 9.88 Å². The van der Waals surface area contributed by atoms with Crippen LogP contribution in [-0.4, -0.2) is 54.5 Å². The lowest BCUT2D eigenvalue weighted by Crippen LogP contribution is -2.49. The second-order valence-electron chi connectivity index (χ2n) is 5.92. The fourth-order valence-electron chi connectivity index (χ4n) is 3.08. The highest BCUT2D eigenvalue weighted by Crippen LogP contribution is 2.31. The smallest absolute Gasteiger partial charge is 0.270 e. The van der Waals surface area contributed by atoms with E-state index in [-0.39, 0.29) is 17.5 Å². The summed E-state index contributed by atoms with van der Waals surface area (Å²) >= 11 is 0. The fraction of sp³-hybridized carbons (Fsp3) is 0.333. The van der Waals surface area contributed by atoms with E-state index in [9.17, 15) is 9.59 Å². The van der Waals surface area contributed by atoms with Gasteiger partial charge in [0.25, 0.3) is 5.91 Å². The van der Waals surface area contributed by atoms with E-state index in [0.717, 1.165) is 17.9 Å². The van der Waals surface area contributed by atoms with Crippen molar-refractivity contribution in [3.8, 4) is 5.75 Å². The molecule has 6 nitrogen and oxygen atoms in total. The molecule has 1 aromatic carbocycles. The zero-order chi connectivity index (χ0) is 17.1. The summed E-state index contributed by atoms with van der Waals surface area (Å²) < 4.78 is 5.47. The Morgan fingerprint density at radius 3 is 2.71 bits per heavy atom. The zero-order valence-corrected chi connectivity index (χ0v) is 13.9. The standard InChI is InChI=1S/C18H21N3O3/c1-20-10-11-21(18(23)14-7-5-9-17(22)19-14)12-15(20)13-6-3-4-8-16(13)24-2/h3-9,15H,10-12H2,1-2H3,(H,19,22). The molecule has 126 valence electrons. The first kappa shape index (κ1) is 16.3. The van der Waals surface area contributed by atoms with Gasteiger partial charge >= 0.3 is 0 Å². The molecule has 1 fully saturated rings. The Hall–Kier alpha value is -2.60. The number of H-pyrrole nitrogens is 1. The molecule has 1 amide bonds. The molecule has 0 spiro atoms. The number of benzene rings is 1. The van der Waals surface area contributed by atoms with Gasteiger partial charge in [0.2, 0.25) is 5.56 Å². The number of nitrogens with zero attached hydrogens (tertiary/aromatic N) is 2. The molecule has 0 aliphatic carbocycles. The van der Waals surface area contributed by atoms with Gasteiger partial charge in [-0.25, -0.2) is 0 Å². The molecule has 0 saturated carbocycles. The van der Waals surface area contributed by atoms with Gasteiger partial charge in [-0.15, -0.1) is 0 Å². The number of pyridine rings is 1. The van der Waals surface area contributed by atoms with Gasteiger partial charge in [0.1, 0.15) is 11.4 Å². The fourth-order valence-corrected chi connectivity index (χ4v) is 3.08. The van der Waals surface area contributed by atoms with Gasteiger partial charge in [-0.05, 0) is 19.2 Å². The summed E-state index contributed by atoms with van der Waals surface area (Å²) in [6.07, 6.45) is 0. The topological polar surface area (TPSA) is 65.6 Å². The van der Waals surface area contributed by atoms with E-state index in [1.165, 1.54) is 6.07 Å². The van der Waals surface area contributed by atoms with E-state index in [1.54, 1.807) is 24.1 Å². The molecular formula is C18H21N3O3. The number of methoxy groups -OCH3 is 1. The largest absolute Gasteiger partial charge is 0.496 e. The number of likely N-dealkylation sites (N-methyl/N-ethyl adjacent to an activating group) is 1. The molecule has 1 aromatic heterocycles. The number of ether oxygens (including phenoxy) is 1. The first-order valence-electron chi connectivity index (χ1n) is 7.92. The number of carbonyl (C=O) groups excluding carboxylic acids is 1. The predicted molar refractivity (Wildman–Crippen MR) is 91.3 cm³/mol. The first-order chi connectivity index (χ1) is 11.6. The van der Waals surface area contributed by atoms with Gasteiger partial charge in [0.15, 0.2) is 0 Å². The minimum absolute atomic E-state index is 0.0503. The summed E-state index contributed by atoms with van der Waals surface area (Å²) in [4.78, 5) is 30.7. The second kappa shape index (κ2) is 6.88. The van der Waals surface area contributed by atoms with Gasteiger partial charge in [-0.1, -0.05) is 24.3 Å². The molecule has 3 rings (SSSR count). The lowest BCUT2D eigenvalue weighted by atomic mass is 10.0. The monoisotopic (exact) mass is 327 g/mol. The molecule has 24 heavy (non-hydrogen) atoms. The van der Waals surface area contributed by atoms with Gasteiger partial charge in [-0.3, -0.25) is 14.5 Å². The number of aromatic amines is 1. The average Bonchev–Trinajstić information content (AvgIpc) is 2.61. The lowest BCUT2D eigenvalue weighted by molar-refractivity contribution is 0.0536. The van der Waals surface area contributed by atoms with Gasteiger partial charge in [-0.2, -0.15) is 0 Å². The van der Waals surface area contributed by atoms with Crippen LogP contribution in [0.5, 0.6) is 5.75 Å². The highest BCUT2D eigenvalue weighted by molar-refractivity contribution is 5.92. The molecule has 1 unspecified atom stereocenters. The average molecular weight is 327 g/mol. The minimum atomic E-state index is -0.267. The van der Waals surface area contributed by atoms with Crippen molar-refractivity contribution in [3.05, 3.63) is 64.1 Å². The molecule has 1 aliphatic rings. The third kappa shape index (κ3) is 3.19. The molecule has 1 saturated heterocycles. The highest BCUT2D eigenvalue weighted by Gasteiger charge is 2.30. The van der Waals surface area contributed by atoms with Crippen LogP contribution in [0.3, 0.4) is 0 Å². The van der Waals surface area contributed by atoms with Crippen molar-refractivity contribution in [2.45, 2.75) is 6.04 Å². The number of aromatic nitrogens is 1. The van der Waals surface area contributed by atoms with Crippen LogP contribution < -0.4 is 10.3 Å². The highest BCUT2D eigenvalue weighted by atomic mass is 16.5. The van der Waals surface area contributed by atoms with Crippen LogP contribution in [0.2, 0.25) is 0 Å². The number of nitrogens with one attached hydrogen (secondary N) is 1. The third-order valence-corrected chi connectivity index (χ3v) is 4.43. The number of para-hydroxylation sites is 1. The van der Waals surface area contributed by atoms with Crippen molar-refractivity contribution in [1.82, 2.24) is 14.8 Å². The van der Waals surface area contributed by atoms with Crippen LogP contribution in [0.15, 0.2) is 47.3 Å². The number of piperazine rings is 1. The maximum absolute atomic E-state index is 12.7. The van der Waals surface area contributed by atoms with Crippen LogP contribution in [0.1, 0.15) is 22.1 Å². The van der Waals surface area contributed by atoms with E-state index < -0.39 is 0 Å². The van der Waals surface area contributed by atoms with E-state index in [4.69, 9.17) is 4.74 Å². The third-order valence-electron chi connectivity index (χ3n) is 4.43. The number of hydrogen-bond donors (Lipinski definition) is 1. The van der Waals surface area contributed by atoms with E-state index in [0.29, 0.717) is 18.8 Å². The molecule has 1 N–H and O–H groups in total. The van der Waals surface area contributed by atoms with Crippen LogP contribution in [0, 0.1) is 0 Å². The summed E-state index contributed by atoms with van der Waals surface area (Å²) in [5.74, 6) is 0.664. The molecule has 1 atom stereocenters. The van der Waals surface area contributed by atoms with Crippen molar-refractivity contribution in [1.29, 1.82) is 0 Å². The van der Waals surface area contributed by atoms with Gasteiger partial charge in [0.05, 0.1) is 13.2 Å². The van der Waals surface area contributed by atoms with Crippen LogP contribution >= 0.6 is 0 Å². The van der Waals surface area contributed by atoms with Gasteiger partial charge in [0, 0.05) is 31.3 Å². The Balaban J connectivity index is 1.85. The number of rotatable bonds is 3. The van der Waals surface area contributed by atoms with E-state index in [1.807, 2.05) is 31.3 Å². The van der Waals surface area contributed by atoms with E-state index >= 15 is 0 Å². The van der Waals surface area contributed by atoms with Crippen LogP contribution in [0.4, 0.5) is 0 Å². The summed E-state index contributed by atoms with van der Waals surface area (Å²) in [7, 11) is 3.70. The predicted octanol–water partition coefficient (Wildman–Crippen LogP) is 1.51. The lowest BCUT2D eigenvalue weighted by Gasteiger charge is -2.40. The van der Waals surface area contributed by atoms with Crippen molar-refractivity contribution in [3.63, 3.8) is 0 Å². The summed E-state index contributed by atoms with van der Waals surface area (Å²) in [5.41, 5.74) is 1.11. The number of hydrogen-bond acceptors (Lipinski definition) is 4. The van der Waals surface area contributed by atoms with Crippen molar-refractivity contribution in [2.75, 3.05) is 33.8 Å². The van der Waals surface area contributed by atoms with Crippen molar-refractivity contribution < 1.29 is 9.53 Å². The molecule has 1 aliphatic heterocycles. The molecule has 2 heterocycles. The Morgan fingerprint density at radius 1 is 1.17 bits per heavy atom. The SMILES string of the molecule is COc1ccccc1C1CN(C(=O)c2cccc(=O)[nH]2)CCN1C. The van der Waals surface area contributed by atoms with Crippen molar-refractivity contribution >= 4 is 5.91 Å². The second-order valence-corrected chi connectivity index (χ2v) is 5.92. The van der Waals surface area contributed by atoms with Crippen LogP contribution in [-0.2, 0) is 0 Å². The van der Waals surface area contributed by atoms with Crippen LogP contribution in [0.25, 0.3) is 0 Å². The Kier molecular flexibility index (Phi) is 4.66. The molecule has 2 aromatic rings. The Bertz CT molecular complexity index is 787. The Labute approximate surface area is 140 Å². The first-order valence-corrected chi connectivity index (χ1v) is 7.92. The maximum atomic E-state index is 12.7. The quantitative estimate of drug-likeness (QED) is 0.928. The summed E-state index contributed by atoms with van der Waals surface area (Å²) in [5, 5.41) is 0. The normalized spacial score (nSPS) is 18.4. The number of carbonyl (C=O) groups is 1. The van der Waals surface area contributed by atoms with Crippen molar-refractivity contribution in [2.24, 2.45) is 0 Å². The minimum Gasteiger partial charge on any atom is -0.496 e. The molecule has 0 bridgehead atoms. The zero-order valence-electron chi connectivity index (χ0n) is 13.9. The maximum Gasteiger partial charge on any atom is 0.270 e. The molecule has 0 radical (unpaired) electrons. The molecule has 6 heteroatoms. The number of amides is 1. The molecular weight excluding hydrogens is 306 g/mol.